The molecule has 0 aliphatic carbocycles. The number of unbranched alkanes of at least 4 members (excludes halogenated alkanes) is 3. The van der Waals surface area contributed by atoms with Crippen LogP contribution in [0.5, 0.6) is 0 Å². The molecule has 0 radical (unpaired) electrons. The number of carbonyl (C=O) groups is 2. The van der Waals surface area contributed by atoms with Gasteiger partial charge in [0.05, 0.1) is 0 Å². The first-order chi connectivity index (χ1) is 7.73. The molecular weight excluding hydrogens is 228 g/mol. The lowest BCUT2D eigenvalue weighted by Gasteiger charge is -2.00. The molecule has 0 heterocycles. The summed E-state index contributed by atoms with van der Waals surface area (Å²) < 4.78 is 0. The van der Waals surface area contributed by atoms with Crippen molar-refractivity contribution in [1.29, 1.82) is 0 Å². The lowest BCUT2D eigenvalue weighted by Crippen LogP contribution is -2.02. The van der Waals surface area contributed by atoms with E-state index in [0.717, 1.165) is 26.7 Å². The monoisotopic (exact) mass is 252 g/mol. The van der Waals surface area contributed by atoms with Crippen molar-refractivity contribution in [2.75, 3.05) is 0 Å². The van der Waals surface area contributed by atoms with Crippen molar-refractivity contribution in [3.05, 3.63) is 0 Å². The van der Waals surface area contributed by atoms with Gasteiger partial charge in [-0.3, -0.25) is 9.59 Å². The molecule has 0 saturated carbocycles. The van der Waals surface area contributed by atoms with Crippen LogP contribution in [-0.4, -0.2) is 38.7 Å². The molecule has 0 aliphatic heterocycles. The summed E-state index contributed by atoms with van der Waals surface area (Å²) in [7, 11) is 0. The zero-order chi connectivity index (χ0) is 14.3. The predicted octanol–water partition coefficient (Wildman–Crippen LogP) is 1.45. The zero-order valence-electron chi connectivity index (χ0n) is 10.7. The molecule has 0 amide bonds. The molecule has 0 saturated heterocycles. The Morgan fingerprint density at radius 3 is 1.53 bits per heavy atom. The van der Waals surface area contributed by atoms with Crippen LogP contribution in [0.4, 0.5) is 0 Å². The van der Waals surface area contributed by atoms with Crippen molar-refractivity contribution >= 4 is 11.9 Å². The molecule has 0 aromatic rings. The van der Waals surface area contributed by atoms with E-state index in [1.54, 1.807) is 0 Å². The highest BCUT2D eigenvalue weighted by Gasteiger charge is 1.94. The number of aliphatic carboxylic acids is 2. The summed E-state index contributed by atoms with van der Waals surface area (Å²) in [5.41, 5.74) is 0. The number of aliphatic hydroxyl groups is 2. The van der Waals surface area contributed by atoms with Crippen LogP contribution in [0.1, 0.15) is 52.9 Å². The Labute approximate surface area is 102 Å². The number of carboxylic acids is 2. The van der Waals surface area contributed by atoms with Crippen LogP contribution < -0.4 is 0 Å². The van der Waals surface area contributed by atoms with E-state index < -0.39 is 18.2 Å². The summed E-state index contributed by atoms with van der Waals surface area (Å²) in [6.07, 6.45) is 3.88. The fourth-order valence-electron chi connectivity index (χ4n) is 0.754. The molecule has 0 atom stereocenters. The van der Waals surface area contributed by atoms with Crippen molar-refractivity contribution in [2.24, 2.45) is 0 Å². The van der Waals surface area contributed by atoms with E-state index in [2.05, 4.69) is 6.92 Å². The Morgan fingerprint density at radius 2 is 1.29 bits per heavy atom. The molecule has 0 aromatic carbocycles. The molecule has 0 aliphatic rings. The maximum atomic E-state index is 9.00. The van der Waals surface area contributed by atoms with E-state index >= 15 is 0 Å². The quantitative estimate of drug-likeness (QED) is 0.435. The number of aliphatic hydroxyl groups excluding tert-OH is 1. The Hall–Kier alpha value is -1.14. The highest BCUT2D eigenvalue weighted by molar-refractivity contribution is 5.63. The van der Waals surface area contributed by atoms with E-state index in [1.807, 2.05) is 0 Å². The molecule has 0 aromatic heterocycles. The van der Waals surface area contributed by atoms with Crippen LogP contribution in [0.3, 0.4) is 0 Å². The van der Waals surface area contributed by atoms with Crippen LogP contribution >= 0.6 is 0 Å². The third-order valence-corrected chi connectivity index (χ3v) is 1.32. The number of hydrogen-bond acceptors (Lipinski definition) is 4. The smallest absolute Gasteiger partial charge is 0.300 e. The average molecular weight is 252 g/mol. The maximum Gasteiger partial charge on any atom is 0.300 e. The van der Waals surface area contributed by atoms with Crippen molar-refractivity contribution in [1.82, 2.24) is 0 Å². The Bertz CT molecular complexity index is 159. The molecule has 0 bridgehead atoms. The van der Waals surface area contributed by atoms with E-state index in [4.69, 9.17) is 30.0 Å². The van der Waals surface area contributed by atoms with Crippen molar-refractivity contribution in [2.45, 2.75) is 59.2 Å². The SMILES string of the molecule is CC(=O)O.CC(=O)O.CCCCCCC(O)O. The van der Waals surface area contributed by atoms with Gasteiger partial charge < -0.3 is 20.4 Å². The lowest BCUT2D eigenvalue weighted by atomic mass is 10.1. The summed E-state index contributed by atoms with van der Waals surface area (Å²) in [5.74, 6) is -1.67. The summed E-state index contributed by atoms with van der Waals surface area (Å²) in [5, 5.41) is 31.6. The zero-order valence-corrected chi connectivity index (χ0v) is 10.7. The minimum absolute atomic E-state index is 0.528. The summed E-state index contributed by atoms with van der Waals surface area (Å²) in [4.78, 5) is 18.0. The number of rotatable bonds is 5. The lowest BCUT2D eigenvalue weighted by molar-refractivity contribution is -0.135. The first kappa shape index (κ1) is 21.2. The first-order valence-electron chi connectivity index (χ1n) is 5.49. The number of carboxylic acid groups (broad SMARTS) is 2. The Morgan fingerprint density at radius 1 is 0.941 bits per heavy atom. The van der Waals surface area contributed by atoms with Gasteiger partial charge in [0.2, 0.25) is 0 Å². The van der Waals surface area contributed by atoms with Crippen LogP contribution in [0.25, 0.3) is 0 Å². The molecule has 0 rings (SSSR count). The second-order valence-electron chi connectivity index (χ2n) is 3.37. The van der Waals surface area contributed by atoms with Crippen LogP contribution in [0.15, 0.2) is 0 Å². The van der Waals surface area contributed by atoms with Gasteiger partial charge in [0.25, 0.3) is 11.9 Å². The van der Waals surface area contributed by atoms with Crippen LogP contribution in [0, 0.1) is 0 Å². The van der Waals surface area contributed by atoms with Crippen LogP contribution in [-0.2, 0) is 9.59 Å². The minimum Gasteiger partial charge on any atom is -0.481 e. The molecule has 0 fully saturated rings. The molecule has 6 heteroatoms. The first-order valence-corrected chi connectivity index (χ1v) is 5.49. The maximum absolute atomic E-state index is 9.00. The van der Waals surface area contributed by atoms with Gasteiger partial charge in [0, 0.05) is 13.8 Å². The van der Waals surface area contributed by atoms with Gasteiger partial charge in [-0.05, 0) is 12.8 Å². The molecule has 4 N–H and O–H groups in total. The van der Waals surface area contributed by atoms with E-state index in [9.17, 15) is 0 Å². The predicted molar refractivity (Wildman–Crippen MR) is 63.6 cm³/mol. The minimum atomic E-state index is -1.10. The van der Waals surface area contributed by atoms with Crippen LogP contribution in [0.2, 0.25) is 0 Å². The number of hydrogen-bond donors (Lipinski definition) is 4. The van der Waals surface area contributed by atoms with Gasteiger partial charge in [0.15, 0.2) is 6.29 Å². The van der Waals surface area contributed by atoms with Crippen molar-refractivity contribution < 1.29 is 30.0 Å². The molecule has 0 spiro atoms. The fraction of sp³-hybridized carbons (Fsp3) is 0.818. The van der Waals surface area contributed by atoms with Gasteiger partial charge in [-0.2, -0.15) is 0 Å². The molecule has 6 nitrogen and oxygen atoms in total. The van der Waals surface area contributed by atoms with E-state index in [-0.39, 0.29) is 0 Å². The standard InChI is InChI=1S/C7H16O2.2C2H4O2/c1-2-3-4-5-6-7(8)9;2*1-2(3)4/h7-9H,2-6H2,1H3;2*1H3,(H,3,4). The van der Waals surface area contributed by atoms with Gasteiger partial charge >= 0.3 is 0 Å². The van der Waals surface area contributed by atoms with Gasteiger partial charge in [-0.1, -0.05) is 26.2 Å². The topological polar surface area (TPSA) is 115 Å². The molecule has 0 unspecified atom stereocenters. The summed E-state index contributed by atoms with van der Waals surface area (Å²) >= 11 is 0. The summed E-state index contributed by atoms with van der Waals surface area (Å²) in [6.45, 7) is 4.30. The Kier molecular flexibility index (Phi) is 21.5. The summed E-state index contributed by atoms with van der Waals surface area (Å²) in [6, 6.07) is 0. The fourth-order valence-corrected chi connectivity index (χ4v) is 0.754. The van der Waals surface area contributed by atoms with Gasteiger partial charge in [-0.25, -0.2) is 0 Å². The Balaban J connectivity index is -0.000000205. The third kappa shape index (κ3) is 104. The molecule has 17 heavy (non-hydrogen) atoms. The normalized spacial score (nSPS) is 8.59. The second kappa shape index (κ2) is 17.3. The molecule has 104 valence electrons. The average Bonchev–Trinajstić information content (AvgIpc) is 2.10. The van der Waals surface area contributed by atoms with Crippen molar-refractivity contribution in [3.8, 4) is 0 Å². The highest BCUT2D eigenvalue weighted by Crippen LogP contribution is 2.03. The van der Waals surface area contributed by atoms with E-state index in [1.165, 1.54) is 12.8 Å². The van der Waals surface area contributed by atoms with E-state index in [0.29, 0.717) is 6.42 Å². The molecular formula is C11H24O6. The third-order valence-electron chi connectivity index (χ3n) is 1.32. The largest absolute Gasteiger partial charge is 0.481 e. The highest BCUT2D eigenvalue weighted by atomic mass is 16.5. The van der Waals surface area contributed by atoms with Gasteiger partial charge in [-0.15, -0.1) is 0 Å². The van der Waals surface area contributed by atoms with Crippen molar-refractivity contribution in [3.63, 3.8) is 0 Å². The second-order valence-corrected chi connectivity index (χ2v) is 3.37. The van der Waals surface area contributed by atoms with Gasteiger partial charge in [0.1, 0.15) is 0 Å².